The Morgan fingerprint density at radius 3 is 2.64 bits per heavy atom. The van der Waals surface area contributed by atoms with E-state index >= 15 is 0 Å². The second-order valence-corrected chi connectivity index (χ2v) is 7.08. The van der Waals surface area contributed by atoms with Gasteiger partial charge in [-0.25, -0.2) is 9.67 Å². The smallest absolute Gasteiger partial charge is 0.201 e. The third-order valence-electron chi connectivity index (χ3n) is 4.76. The molecule has 3 aromatic rings. The molecule has 0 saturated carbocycles. The molecular weight excluding hydrogens is 352 g/mol. The molecule has 0 N–H and O–H groups in total. The van der Waals surface area contributed by atoms with Crippen molar-refractivity contribution in [1.29, 1.82) is 0 Å². The number of fused-ring (bicyclic) bond motifs is 1. The number of hydrogen-bond acceptors (Lipinski definition) is 5. The van der Waals surface area contributed by atoms with Crippen molar-refractivity contribution in [2.24, 2.45) is 0 Å². The Hall–Kier alpha value is -2.76. The number of aromatic nitrogens is 4. The van der Waals surface area contributed by atoms with Crippen LogP contribution in [0.1, 0.15) is 51.0 Å². The lowest BCUT2D eigenvalue weighted by molar-refractivity contribution is -0.121. The summed E-state index contributed by atoms with van der Waals surface area (Å²) in [7, 11) is 0. The van der Waals surface area contributed by atoms with Crippen LogP contribution >= 0.6 is 0 Å². The largest absolute Gasteiger partial charge is 0.486 e. The number of carbonyl (C=O) groups is 1. The number of aryl methyl sites for hydroxylation is 1. The molecule has 0 bridgehead atoms. The summed E-state index contributed by atoms with van der Waals surface area (Å²) in [5, 5.41) is 7.94. The first-order chi connectivity index (χ1) is 13.8. The van der Waals surface area contributed by atoms with Crippen LogP contribution in [0.3, 0.4) is 0 Å². The number of unbranched alkanes of at least 4 members (excludes halogenated alkanes) is 5. The van der Waals surface area contributed by atoms with Gasteiger partial charge in [0.05, 0.1) is 0 Å². The lowest BCUT2D eigenvalue weighted by Crippen LogP contribution is -2.18. The molecule has 0 radical (unpaired) electrons. The van der Waals surface area contributed by atoms with Gasteiger partial charge in [0.2, 0.25) is 5.65 Å². The molecule has 0 aliphatic heterocycles. The maximum absolute atomic E-state index is 12.2. The Morgan fingerprint density at radius 2 is 1.82 bits per heavy atom. The number of ketones is 1. The van der Waals surface area contributed by atoms with Crippen LogP contribution < -0.4 is 4.74 Å². The molecular formula is C22H28N4O2. The van der Waals surface area contributed by atoms with Gasteiger partial charge in [0, 0.05) is 6.20 Å². The van der Waals surface area contributed by atoms with Crippen molar-refractivity contribution in [2.75, 3.05) is 6.61 Å². The molecule has 28 heavy (non-hydrogen) atoms. The van der Waals surface area contributed by atoms with E-state index in [1.54, 1.807) is 16.9 Å². The number of benzene rings is 1. The first-order valence-corrected chi connectivity index (χ1v) is 10.1. The second kappa shape index (κ2) is 10.5. The standard InChI is InChI=1S/C22H28N4O2/c1-2-3-4-5-6-7-9-18-11-13-20(14-12-18)28-17-19(27)16-26-21-10-8-15-23-22(21)24-25-26/h8,10-15H,2-7,9,16-17H2,1H3. The van der Waals surface area contributed by atoms with Crippen molar-refractivity contribution in [3.63, 3.8) is 0 Å². The molecule has 0 unspecified atom stereocenters. The van der Waals surface area contributed by atoms with E-state index in [4.69, 9.17) is 4.74 Å². The van der Waals surface area contributed by atoms with E-state index in [-0.39, 0.29) is 18.9 Å². The first-order valence-electron chi connectivity index (χ1n) is 10.1. The minimum atomic E-state index is -0.0631. The summed E-state index contributed by atoms with van der Waals surface area (Å²) in [6.07, 6.45) is 10.6. The number of Topliss-reactive ketones (excluding diaryl/α,β-unsaturated/α-hetero) is 1. The molecule has 2 aromatic heterocycles. The van der Waals surface area contributed by atoms with E-state index in [9.17, 15) is 4.79 Å². The van der Waals surface area contributed by atoms with Crippen LogP contribution in [0, 0.1) is 0 Å². The fourth-order valence-corrected chi connectivity index (χ4v) is 3.17. The van der Waals surface area contributed by atoms with Gasteiger partial charge in [-0.2, -0.15) is 0 Å². The second-order valence-electron chi connectivity index (χ2n) is 7.08. The predicted octanol–water partition coefficient (Wildman–Crippen LogP) is 4.38. The van der Waals surface area contributed by atoms with Gasteiger partial charge < -0.3 is 4.74 Å². The van der Waals surface area contributed by atoms with Crippen LogP contribution in [-0.4, -0.2) is 32.4 Å². The van der Waals surface area contributed by atoms with Gasteiger partial charge >= 0.3 is 0 Å². The van der Waals surface area contributed by atoms with Crippen molar-refractivity contribution in [3.05, 3.63) is 48.2 Å². The van der Waals surface area contributed by atoms with Gasteiger partial charge in [0.25, 0.3) is 0 Å². The molecule has 148 valence electrons. The summed E-state index contributed by atoms with van der Waals surface area (Å²) >= 11 is 0. The van der Waals surface area contributed by atoms with E-state index < -0.39 is 0 Å². The molecule has 0 amide bonds. The summed E-state index contributed by atoms with van der Waals surface area (Å²) < 4.78 is 7.18. The maximum Gasteiger partial charge on any atom is 0.201 e. The van der Waals surface area contributed by atoms with Gasteiger partial charge in [0.1, 0.15) is 24.4 Å². The third kappa shape index (κ3) is 5.87. The van der Waals surface area contributed by atoms with Gasteiger partial charge in [-0.05, 0) is 42.7 Å². The summed E-state index contributed by atoms with van der Waals surface area (Å²) in [6.45, 7) is 2.38. The van der Waals surface area contributed by atoms with Gasteiger partial charge in [-0.15, -0.1) is 5.10 Å². The van der Waals surface area contributed by atoms with Crippen molar-refractivity contribution in [3.8, 4) is 5.75 Å². The highest BCUT2D eigenvalue weighted by Crippen LogP contribution is 2.15. The van der Waals surface area contributed by atoms with E-state index in [0.29, 0.717) is 11.4 Å². The number of rotatable bonds is 12. The first kappa shape index (κ1) is 20.0. The molecule has 1 aromatic carbocycles. The van der Waals surface area contributed by atoms with Crippen molar-refractivity contribution < 1.29 is 9.53 Å². The zero-order chi connectivity index (χ0) is 19.6. The molecule has 0 aliphatic rings. The normalized spacial score (nSPS) is 11.0. The molecule has 2 heterocycles. The van der Waals surface area contributed by atoms with E-state index in [1.165, 1.54) is 44.1 Å². The molecule has 0 fully saturated rings. The SMILES string of the molecule is CCCCCCCCc1ccc(OCC(=O)Cn2nnc3ncccc32)cc1. The van der Waals surface area contributed by atoms with Gasteiger partial charge in [0.15, 0.2) is 5.78 Å². The minimum absolute atomic E-state index is 0.0123. The lowest BCUT2D eigenvalue weighted by atomic mass is 10.0. The highest BCUT2D eigenvalue weighted by Gasteiger charge is 2.10. The van der Waals surface area contributed by atoms with Crippen molar-refractivity contribution in [2.45, 2.75) is 58.4 Å². The number of ether oxygens (including phenoxy) is 1. The van der Waals surface area contributed by atoms with E-state index in [0.717, 1.165) is 11.9 Å². The predicted molar refractivity (Wildman–Crippen MR) is 109 cm³/mol. The quantitative estimate of drug-likeness (QED) is 0.436. The Balaban J connectivity index is 1.40. The van der Waals surface area contributed by atoms with Crippen molar-refractivity contribution in [1.82, 2.24) is 20.0 Å². The summed E-state index contributed by atoms with van der Waals surface area (Å²) in [5.74, 6) is 0.650. The zero-order valence-corrected chi connectivity index (χ0v) is 16.5. The average Bonchev–Trinajstić information content (AvgIpc) is 3.13. The zero-order valence-electron chi connectivity index (χ0n) is 16.5. The van der Waals surface area contributed by atoms with Gasteiger partial charge in [-0.3, -0.25) is 4.79 Å². The van der Waals surface area contributed by atoms with Crippen LogP contribution in [0.5, 0.6) is 5.75 Å². The van der Waals surface area contributed by atoms with Crippen LogP contribution in [-0.2, 0) is 17.8 Å². The number of pyridine rings is 1. The van der Waals surface area contributed by atoms with Crippen LogP contribution in [0.25, 0.3) is 11.2 Å². The molecule has 3 rings (SSSR count). The lowest BCUT2D eigenvalue weighted by Gasteiger charge is -2.07. The van der Waals surface area contributed by atoms with Crippen LogP contribution in [0.4, 0.5) is 0 Å². The third-order valence-corrected chi connectivity index (χ3v) is 4.76. The minimum Gasteiger partial charge on any atom is -0.486 e. The highest BCUT2D eigenvalue weighted by molar-refractivity contribution is 5.81. The maximum atomic E-state index is 12.2. The average molecular weight is 380 g/mol. The fraction of sp³-hybridized carbons (Fsp3) is 0.455. The molecule has 0 spiro atoms. The summed E-state index contributed by atoms with van der Waals surface area (Å²) in [5.41, 5.74) is 2.60. The van der Waals surface area contributed by atoms with Crippen LogP contribution in [0.15, 0.2) is 42.6 Å². The number of hydrogen-bond donors (Lipinski definition) is 0. The van der Waals surface area contributed by atoms with Crippen LogP contribution in [0.2, 0.25) is 0 Å². The Morgan fingerprint density at radius 1 is 1.04 bits per heavy atom. The summed E-state index contributed by atoms with van der Waals surface area (Å²) in [6, 6.07) is 11.7. The van der Waals surface area contributed by atoms with Crippen molar-refractivity contribution >= 4 is 16.9 Å². The Bertz CT molecular complexity index is 874. The highest BCUT2D eigenvalue weighted by atomic mass is 16.5. The van der Waals surface area contributed by atoms with E-state index in [2.05, 4.69) is 34.4 Å². The molecule has 6 nitrogen and oxygen atoms in total. The number of nitrogens with zero attached hydrogens (tertiary/aromatic N) is 4. The van der Waals surface area contributed by atoms with E-state index in [1.807, 2.05) is 18.2 Å². The van der Waals surface area contributed by atoms with Gasteiger partial charge in [-0.1, -0.05) is 56.4 Å². The molecule has 6 heteroatoms. The topological polar surface area (TPSA) is 69.9 Å². The summed E-state index contributed by atoms with van der Waals surface area (Å²) in [4.78, 5) is 16.3. The molecule has 0 aliphatic carbocycles. The molecule has 0 atom stereocenters. The Kier molecular flexibility index (Phi) is 7.53. The monoisotopic (exact) mass is 380 g/mol. The fourth-order valence-electron chi connectivity index (χ4n) is 3.17. The Labute approximate surface area is 165 Å². The number of carbonyl (C=O) groups excluding carboxylic acids is 1. The molecule has 0 saturated heterocycles.